The molecule has 1 aliphatic rings. The van der Waals surface area contributed by atoms with Crippen LogP contribution in [0.3, 0.4) is 0 Å². The molecule has 0 bridgehead atoms. The fraction of sp³-hybridized carbons (Fsp3) is 0.105. The molecule has 2 N–H and O–H groups in total. The Bertz CT molecular complexity index is 741. The molecule has 0 fully saturated rings. The molecule has 0 saturated carbocycles. The summed E-state index contributed by atoms with van der Waals surface area (Å²) in [6.45, 7) is 0. The molecule has 0 heterocycles. The second kappa shape index (κ2) is 5.62. The van der Waals surface area contributed by atoms with Crippen LogP contribution in [-0.4, -0.2) is 17.9 Å². The van der Waals surface area contributed by atoms with Crippen LogP contribution in [0.15, 0.2) is 72.8 Å². The number of hydrogen-bond acceptors (Lipinski definition) is 3. The van der Waals surface area contributed by atoms with Gasteiger partial charge in [0.05, 0.1) is 12.8 Å². The number of allylic oxidation sites excluding steroid dienone is 2. The summed E-state index contributed by atoms with van der Waals surface area (Å²) in [4.78, 5) is 0. The van der Waals surface area contributed by atoms with E-state index in [2.05, 4.69) is 0 Å². The summed E-state index contributed by atoms with van der Waals surface area (Å²) in [5, 5.41) is 18.1. The van der Waals surface area contributed by atoms with Crippen molar-refractivity contribution >= 4 is 5.71 Å². The Hall–Kier alpha value is -2.65. The summed E-state index contributed by atoms with van der Waals surface area (Å²) in [5.74, 6) is 0.817. The number of aliphatic hydroxyl groups is 1. The molecule has 3 heteroatoms. The molecule has 0 aliphatic heterocycles. The molecule has 2 aromatic rings. The van der Waals surface area contributed by atoms with E-state index in [1.54, 1.807) is 31.4 Å². The molecule has 0 radical (unpaired) electrons. The first kappa shape index (κ1) is 14.3. The van der Waals surface area contributed by atoms with Gasteiger partial charge >= 0.3 is 0 Å². The summed E-state index contributed by atoms with van der Waals surface area (Å²) in [6, 6.07) is 15.6. The highest BCUT2D eigenvalue weighted by atomic mass is 16.5. The van der Waals surface area contributed by atoms with Crippen LogP contribution in [0.1, 0.15) is 5.56 Å². The van der Waals surface area contributed by atoms with Gasteiger partial charge in [-0.3, -0.25) is 0 Å². The molecule has 1 aliphatic carbocycles. The zero-order chi connectivity index (χ0) is 15.6. The molecule has 3 rings (SSSR count). The monoisotopic (exact) mass is 291 g/mol. The highest BCUT2D eigenvalue weighted by molar-refractivity contribution is 6.02. The third-order valence-electron chi connectivity index (χ3n) is 3.78. The molecule has 0 unspecified atom stereocenters. The molecule has 22 heavy (non-hydrogen) atoms. The number of methoxy groups -OCH3 is 1. The average Bonchev–Trinajstić information content (AvgIpc) is 2.58. The molecule has 0 spiro atoms. The van der Waals surface area contributed by atoms with E-state index >= 15 is 0 Å². The maximum atomic E-state index is 10.6. The molecular weight excluding hydrogens is 274 g/mol. The van der Waals surface area contributed by atoms with E-state index in [0.29, 0.717) is 5.71 Å². The van der Waals surface area contributed by atoms with E-state index in [1.807, 2.05) is 48.5 Å². The average molecular weight is 291 g/mol. The Morgan fingerprint density at radius 1 is 0.955 bits per heavy atom. The zero-order valence-corrected chi connectivity index (χ0v) is 12.3. The summed E-state index contributed by atoms with van der Waals surface area (Å²) < 4.78 is 5.24. The maximum Gasteiger partial charge on any atom is 0.127 e. The molecular formula is C19H17NO2. The highest BCUT2D eigenvalue weighted by Gasteiger charge is 2.24. The van der Waals surface area contributed by atoms with Crippen LogP contribution in [0.2, 0.25) is 0 Å². The fourth-order valence-corrected chi connectivity index (χ4v) is 2.47. The van der Waals surface area contributed by atoms with E-state index < -0.39 is 5.60 Å². The maximum absolute atomic E-state index is 10.6. The van der Waals surface area contributed by atoms with Crippen LogP contribution in [0.5, 0.6) is 5.75 Å². The molecule has 0 amide bonds. The van der Waals surface area contributed by atoms with Gasteiger partial charge in [-0.05, 0) is 53.1 Å². The van der Waals surface area contributed by atoms with Gasteiger partial charge in [0.25, 0.3) is 0 Å². The number of rotatable bonds is 3. The van der Waals surface area contributed by atoms with Crippen molar-refractivity contribution in [2.75, 3.05) is 7.11 Å². The predicted molar refractivity (Wildman–Crippen MR) is 88.3 cm³/mol. The molecule has 2 aromatic carbocycles. The first-order valence-electron chi connectivity index (χ1n) is 7.05. The highest BCUT2D eigenvalue weighted by Crippen LogP contribution is 2.30. The first-order valence-corrected chi connectivity index (χ1v) is 7.05. The van der Waals surface area contributed by atoms with Gasteiger partial charge in [-0.25, -0.2) is 0 Å². The van der Waals surface area contributed by atoms with Crippen LogP contribution in [-0.2, 0) is 5.60 Å². The SMILES string of the molecule is COc1cccc(-c2ccc(C3(O)C=CC(=N)C=C3)cc2)c1. The summed E-state index contributed by atoms with van der Waals surface area (Å²) in [7, 11) is 1.65. The smallest absolute Gasteiger partial charge is 0.127 e. The topological polar surface area (TPSA) is 53.3 Å². The van der Waals surface area contributed by atoms with E-state index in [9.17, 15) is 5.11 Å². The minimum Gasteiger partial charge on any atom is -0.497 e. The molecule has 3 nitrogen and oxygen atoms in total. The van der Waals surface area contributed by atoms with Gasteiger partial charge in [0.1, 0.15) is 11.4 Å². The van der Waals surface area contributed by atoms with E-state index in [-0.39, 0.29) is 0 Å². The van der Waals surface area contributed by atoms with Crippen molar-refractivity contribution in [3.63, 3.8) is 0 Å². The third kappa shape index (κ3) is 2.71. The molecule has 0 saturated heterocycles. The number of hydrogen-bond donors (Lipinski definition) is 2. The van der Waals surface area contributed by atoms with Gasteiger partial charge in [-0.1, -0.05) is 36.4 Å². The minimum atomic E-state index is -1.14. The standard InChI is InChI=1S/C19H17NO2/c1-22-18-4-2-3-15(13-18)14-5-7-16(8-6-14)19(21)11-9-17(20)10-12-19/h2-13,20-21H,1H3. The largest absolute Gasteiger partial charge is 0.497 e. The van der Waals surface area contributed by atoms with Crippen LogP contribution in [0.25, 0.3) is 11.1 Å². The number of nitrogens with one attached hydrogen (secondary N) is 1. The van der Waals surface area contributed by atoms with Crippen LogP contribution in [0.4, 0.5) is 0 Å². The van der Waals surface area contributed by atoms with Gasteiger partial charge in [0.15, 0.2) is 0 Å². The lowest BCUT2D eigenvalue weighted by molar-refractivity contribution is 0.143. The lowest BCUT2D eigenvalue weighted by Gasteiger charge is -2.23. The minimum absolute atomic E-state index is 0.387. The second-order valence-electron chi connectivity index (χ2n) is 5.26. The van der Waals surface area contributed by atoms with Crippen molar-refractivity contribution in [1.82, 2.24) is 0 Å². The third-order valence-corrected chi connectivity index (χ3v) is 3.78. The van der Waals surface area contributed by atoms with Crippen molar-refractivity contribution in [1.29, 1.82) is 5.41 Å². The Balaban J connectivity index is 1.91. The number of benzene rings is 2. The van der Waals surface area contributed by atoms with Crippen molar-refractivity contribution in [2.45, 2.75) is 5.60 Å². The fourth-order valence-electron chi connectivity index (χ4n) is 2.47. The van der Waals surface area contributed by atoms with Gasteiger partial charge in [0.2, 0.25) is 0 Å². The van der Waals surface area contributed by atoms with Gasteiger partial charge in [-0.15, -0.1) is 0 Å². The lowest BCUT2D eigenvalue weighted by Crippen LogP contribution is -2.22. The van der Waals surface area contributed by atoms with Gasteiger partial charge in [-0.2, -0.15) is 0 Å². The van der Waals surface area contributed by atoms with E-state index in [4.69, 9.17) is 10.1 Å². The van der Waals surface area contributed by atoms with Crippen molar-refractivity contribution in [3.8, 4) is 16.9 Å². The zero-order valence-electron chi connectivity index (χ0n) is 12.3. The van der Waals surface area contributed by atoms with Crippen LogP contribution < -0.4 is 4.74 Å². The molecule has 0 atom stereocenters. The Morgan fingerprint density at radius 3 is 2.27 bits per heavy atom. The normalized spacial score (nSPS) is 20.2. The molecule has 0 aromatic heterocycles. The van der Waals surface area contributed by atoms with Crippen LogP contribution >= 0.6 is 0 Å². The predicted octanol–water partition coefficient (Wildman–Crippen LogP) is 3.70. The second-order valence-corrected chi connectivity index (χ2v) is 5.26. The van der Waals surface area contributed by atoms with Crippen molar-refractivity contribution in [3.05, 3.63) is 78.4 Å². The lowest BCUT2D eigenvalue weighted by atomic mass is 9.88. The number of ether oxygens (including phenoxy) is 1. The van der Waals surface area contributed by atoms with E-state index in [1.165, 1.54) is 0 Å². The molecule has 110 valence electrons. The van der Waals surface area contributed by atoms with Crippen LogP contribution in [0, 0.1) is 5.41 Å². The Kier molecular flexibility index (Phi) is 3.65. The van der Waals surface area contributed by atoms with Crippen molar-refractivity contribution in [2.24, 2.45) is 0 Å². The Labute approximate surface area is 129 Å². The quantitative estimate of drug-likeness (QED) is 0.906. The van der Waals surface area contributed by atoms with Gasteiger partial charge in [0, 0.05) is 0 Å². The summed E-state index contributed by atoms with van der Waals surface area (Å²) in [6.07, 6.45) is 6.48. The van der Waals surface area contributed by atoms with E-state index in [0.717, 1.165) is 22.4 Å². The Morgan fingerprint density at radius 2 is 1.64 bits per heavy atom. The summed E-state index contributed by atoms with van der Waals surface area (Å²) in [5.41, 5.74) is 2.14. The van der Waals surface area contributed by atoms with Gasteiger partial charge < -0.3 is 15.3 Å². The van der Waals surface area contributed by atoms with Crippen molar-refractivity contribution < 1.29 is 9.84 Å². The summed E-state index contributed by atoms with van der Waals surface area (Å²) >= 11 is 0. The first-order chi connectivity index (χ1) is 10.6.